The van der Waals surface area contributed by atoms with Crippen molar-refractivity contribution in [3.8, 4) is 0 Å². The summed E-state index contributed by atoms with van der Waals surface area (Å²) in [5, 5.41) is 8.72. The summed E-state index contributed by atoms with van der Waals surface area (Å²) in [7, 11) is 0. The van der Waals surface area contributed by atoms with Crippen LogP contribution in [0.4, 0.5) is 0 Å². The van der Waals surface area contributed by atoms with E-state index >= 15 is 0 Å². The first-order valence-electron chi connectivity index (χ1n) is 5.85. The molecule has 0 radical (unpaired) electrons. The quantitative estimate of drug-likeness (QED) is 0.553. The fourth-order valence-corrected chi connectivity index (χ4v) is 1.87. The molecule has 0 aliphatic rings. The van der Waals surface area contributed by atoms with Gasteiger partial charge in [-0.15, -0.1) is 0 Å². The molecule has 0 aromatic carbocycles. The maximum atomic E-state index is 8.72. The van der Waals surface area contributed by atoms with E-state index in [2.05, 4.69) is 18.7 Å². The number of unbranched alkanes of at least 4 members (excludes halogenated alkanes) is 1. The average Bonchev–Trinajstić information content (AvgIpc) is 2.20. The lowest BCUT2D eigenvalue weighted by atomic mass is 10.1. The molecule has 0 amide bonds. The van der Waals surface area contributed by atoms with Crippen molar-refractivity contribution in [2.24, 2.45) is 5.73 Å². The van der Waals surface area contributed by atoms with Crippen LogP contribution in [0, 0.1) is 0 Å². The molecule has 0 spiro atoms. The predicted octanol–water partition coefficient (Wildman–Crippen LogP) is 1.21. The third-order valence-corrected chi connectivity index (χ3v) is 2.73. The third kappa shape index (κ3) is 5.58. The highest BCUT2D eigenvalue weighted by molar-refractivity contribution is 4.69. The van der Waals surface area contributed by atoms with Gasteiger partial charge in [0.15, 0.2) is 0 Å². The van der Waals surface area contributed by atoms with Gasteiger partial charge < -0.3 is 10.8 Å². The molecule has 0 aromatic heterocycles. The molecule has 86 valence electrons. The zero-order valence-electron chi connectivity index (χ0n) is 9.71. The van der Waals surface area contributed by atoms with E-state index in [-0.39, 0.29) is 0 Å². The third-order valence-electron chi connectivity index (χ3n) is 2.73. The minimum absolute atomic E-state index is 0.305. The Morgan fingerprint density at radius 1 is 1.14 bits per heavy atom. The molecule has 3 N–H and O–H groups in total. The van der Waals surface area contributed by atoms with Gasteiger partial charge in [-0.1, -0.05) is 13.8 Å². The fraction of sp³-hybridized carbons (Fsp3) is 1.00. The second-order valence-corrected chi connectivity index (χ2v) is 3.73. The Morgan fingerprint density at radius 2 is 1.79 bits per heavy atom. The monoisotopic (exact) mass is 202 g/mol. The molecule has 0 aromatic rings. The van der Waals surface area contributed by atoms with Crippen molar-refractivity contribution in [1.29, 1.82) is 0 Å². The van der Waals surface area contributed by atoms with E-state index in [0.29, 0.717) is 12.6 Å². The van der Waals surface area contributed by atoms with Gasteiger partial charge in [0, 0.05) is 25.7 Å². The Hall–Kier alpha value is -0.120. The number of aliphatic hydroxyl groups excluding tert-OH is 1. The Kier molecular flexibility index (Phi) is 9.35. The van der Waals surface area contributed by atoms with Gasteiger partial charge in [-0.25, -0.2) is 0 Å². The van der Waals surface area contributed by atoms with Gasteiger partial charge in [0.1, 0.15) is 0 Å². The molecule has 3 nitrogen and oxygen atoms in total. The number of rotatable bonds is 9. The number of nitrogens with zero attached hydrogens (tertiary/aromatic N) is 1. The summed E-state index contributed by atoms with van der Waals surface area (Å²) < 4.78 is 0. The summed E-state index contributed by atoms with van der Waals surface area (Å²) in [6, 6.07) is 0.664. The van der Waals surface area contributed by atoms with Crippen LogP contribution in [-0.2, 0) is 0 Å². The number of hydrogen-bond donors (Lipinski definition) is 2. The summed E-state index contributed by atoms with van der Waals surface area (Å²) in [6.07, 6.45) is 4.36. The molecule has 0 saturated heterocycles. The van der Waals surface area contributed by atoms with Crippen molar-refractivity contribution in [3.63, 3.8) is 0 Å². The van der Waals surface area contributed by atoms with Gasteiger partial charge >= 0.3 is 0 Å². The van der Waals surface area contributed by atoms with Gasteiger partial charge in [-0.05, 0) is 32.2 Å². The highest BCUT2D eigenvalue weighted by atomic mass is 16.2. The topological polar surface area (TPSA) is 49.5 Å². The summed E-state index contributed by atoms with van der Waals surface area (Å²) in [5.74, 6) is 0. The molecular weight excluding hydrogens is 176 g/mol. The average molecular weight is 202 g/mol. The van der Waals surface area contributed by atoms with E-state index in [1.807, 2.05) is 0 Å². The van der Waals surface area contributed by atoms with E-state index in [4.69, 9.17) is 10.8 Å². The molecule has 0 heterocycles. The minimum Gasteiger partial charge on any atom is -0.396 e. The summed E-state index contributed by atoms with van der Waals surface area (Å²) >= 11 is 0. The smallest absolute Gasteiger partial charge is 0.0431 e. The molecule has 0 saturated carbocycles. The normalized spacial score (nSPS) is 11.6. The van der Waals surface area contributed by atoms with E-state index in [0.717, 1.165) is 32.5 Å². The van der Waals surface area contributed by atoms with Gasteiger partial charge in [-0.2, -0.15) is 0 Å². The Labute approximate surface area is 88.3 Å². The van der Waals surface area contributed by atoms with Crippen molar-refractivity contribution in [2.45, 2.75) is 45.6 Å². The van der Waals surface area contributed by atoms with Crippen molar-refractivity contribution < 1.29 is 5.11 Å². The van der Waals surface area contributed by atoms with E-state index in [9.17, 15) is 0 Å². The molecule has 3 heteroatoms. The van der Waals surface area contributed by atoms with Crippen LogP contribution in [-0.4, -0.2) is 42.3 Å². The second kappa shape index (κ2) is 9.44. The predicted molar refractivity (Wildman–Crippen MR) is 61.3 cm³/mol. The zero-order valence-corrected chi connectivity index (χ0v) is 9.71. The lowest BCUT2D eigenvalue weighted by Gasteiger charge is -2.29. The molecule has 0 unspecified atom stereocenters. The molecule has 0 atom stereocenters. The molecule has 0 fully saturated rings. The highest BCUT2D eigenvalue weighted by Crippen LogP contribution is 2.09. The second-order valence-electron chi connectivity index (χ2n) is 3.73. The molecule has 0 bridgehead atoms. The van der Waals surface area contributed by atoms with Crippen LogP contribution in [0.5, 0.6) is 0 Å². The summed E-state index contributed by atoms with van der Waals surface area (Å²) in [4.78, 5) is 2.45. The first-order chi connectivity index (χ1) is 6.79. The van der Waals surface area contributed by atoms with Crippen molar-refractivity contribution in [3.05, 3.63) is 0 Å². The van der Waals surface area contributed by atoms with Crippen LogP contribution in [0.3, 0.4) is 0 Å². The number of aliphatic hydroxyl groups is 1. The van der Waals surface area contributed by atoms with Crippen LogP contribution in [0.15, 0.2) is 0 Å². The SMILES string of the molecule is CCC(CC)N(CCN)CCCCO. The largest absolute Gasteiger partial charge is 0.396 e. The van der Waals surface area contributed by atoms with Crippen LogP contribution in [0.2, 0.25) is 0 Å². The fourth-order valence-electron chi connectivity index (χ4n) is 1.87. The van der Waals surface area contributed by atoms with Gasteiger partial charge in [0.05, 0.1) is 0 Å². The van der Waals surface area contributed by atoms with Crippen molar-refractivity contribution >= 4 is 0 Å². The van der Waals surface area contributed by atoms with E-state index in [1.54, 1.807) is 0 Å². The van der Waals surface area contributed by atoms with Gasteiger partial charge in [0.2, 0.25) is 0 Å². The molecule has 0 rings (SSSR count). The van der Waals surface area contributed by atoms with Crippen LogP contribution in [0.25, 0.3) is 0 Å². The van der Waals surface area contributed by atoms with Crippen LogP contribution in [0.1, 0.15) is 39.5 Å². The molecule has 14 heavy (non-hydrogen) atoms. The number of nitrogens with two attached hydrogens (primary N) is 1. The lowest BCUT2D eigenvalue weighted by Crippen LogP contribution is -2.38. The van der Waals surface area contributed by atoms with E-state index < -0.39 is 0 Å². The van der Waals surface area contributed by atoms with Crippen LogP contribution >= 0.6 is 0 Å². The summed E-state index contributed by atoms with van der Waals surface area (Å²) in [5.41, 5.74) is 5.59. The maximum absolute atomic E-state index is 8.72. The first-order valence-corrected chi connectivity index (χ1v) is 5.85. The van der Waals surface area contributed by atoms with E-state index in [1.165, 1.54) is 12.8 Å². The number of hydrogen-bond acceptors (Lipinski definition) is 3. The summed E-state index contributed by atoms with van der Waals surface area (Å²) in [6.45, 7) is 7.55. The van der Waals surface area contributed by atoms with Gasteiger partial charge in [0.25, 0.3) is 0 Å². The standard InChI is InChI=1S/C11H26N2O/c1-3-11(4-2)13(9-7-12)8-5-6-10-14/h11,14H,3-10,12H2,1-2H3. The van der Waals surface area contributed by atoms with Crippen molar-refractivity contribution in [1.82, 2.24) is 4.90 Å². The maximum Gasteiger partial charge on any atom is 0.0431 e. The van der Waals surface area contributed by atoms with Gasteiger partial charge in [-0.3, -0.25) is 4.90 Å². The Morgan fingerprint density at radius 3 is 2.21 bits per heavy atom. The van der Waals surface area contributed by atoms with Crippen LogP contribution < -0.4 is 5.73 Å². The first kappa shape index (κ1) is 13.9. The Bertz CT molecular complexity index is 116. The molecule has 0 aliphatic carbocycles. The molecular formula is C11H26N2O. The Balaban J connectivity index is 3.85. The molecule has 0 aliphatic heterocycles. The highest BCUT2D eigenvalue weighted by Gasteiger charge is 2.12. The lowest BCUT2D eigenvalue weighted by molar-refractivity contribution is 0.180. The minimum atomic E-state index is 0.305. The zero-order chi connectivity index (χ0) is 10.8. The van der Waals surface area contributed by atoms with Crippen molar-refractivity contribution in [2.75, 3.05) is 26.2 Å².